The molecule has 2 aromatic rings. The number of hydrogen-bond donors (Lipinski definition) is 2. The third kappa shape index (κ3) is 3.25. The Morgan fingerprint density at radius 3 is 2.88 bits per heavy atom. The predicted octanol–water partition coefficient (Wildman–Crippen LogP) is 2.29. The molecule has 26 heavy (non-hydrogen) atoms. The van der Waals surface area contributed by atoms with Crippen molar-refractivity contribution in [1.82, 2.24) is 25.2 Å². The van der Waals surface area contributed by atoms with Gasteiger partial charge in [0, 0.05) is 29.8 Å². The molecule has 0 radical (unpaired) electrons. The van der Waals surface area contributed by atoms with Crippen molar-refractivity contribution in [2.75, 3.05) is 0 Å². The first-order chi connectivity index (χ1) is 12.7. The molecule has 1 fully saturated rings. The zero-order chi connectivity index (χ0) is 18.1. The van der Waals surface area contributed by atoms with E-state index in [1.807, 2.05) is 11.6 Å². The van der Waals surface area contributed by atoms with Crippen LogP contribution in [0.2, 0.25) is 0 Å². The summed E-state index contributed by atoms with van der Waals surface area (Å²) in [4.78, 5) is 16.0. The number of nitrogens with one attached hydrogen (secondary N) is 1. The van der Waals surface area contributed by atoms with Crippen LogP contribution in [0.25, 0.3) is 0 Å². The fourth-order valence-electron chi connectivity index (χ4n) is 4.21. The van der Waals surface area contributed by atoms with E-state index >= 15 is 0 Å². The number of hydrogen-bond acceptors (Lipinski definition) is 6. The van der Waals surface area contributed by atoms with Crippen LogP contribution in [0.5, 0.6) is 0 Å². The van der Waals surface area contributed by atoms with Gasteiger partial charge in [-0.3, -0.25) is 4.68 Å². The van der Waals surface area contributed by atoms with Crippen LogP contribution in [-0.4, -0.2) is 37.0 Å². The quantitative estimate of drug-likeness (QED) is 0.815. The minimum absolute atomic E-state index is 0.191. The van der Waals surface area contributed by atoms with Crippen molar-refractivity contribution < 1.29 is 14.4 Å². The summed E-state index contributed by atoms with van der Waals surface area (Å²) < 4.78 is 7.24. The van der Waals surface area contributed by atoms with E-state index in [9.17, 15) is 9.90 Å². The van der Waals surface area contributed by atoms with Crippen LogP contribution in [0.15, 0.2) is 4.52 Å². The average molecular weight is 359 g/mol. The van der Waals surface area contributed by atoms with Gasteiger partial charge in [0.05, 0.1) is 6.54 Å². The van der Waals surface area contributed by atoms with Crippen molar-refractivity contribution in [2.45, 2.75) is 76.9 Å². The normalized spacial score (nSPS) is 20.4. The monoisotopic (exact) mass is 359 g/mol. The van der Waals surface area contributed by atoms with Gasteiger partial charge in [-0.2, -0.15) is 10.1 Å². The highest BCUT2D eigenvalue weighted by Gasteiger charge is 2.29. The molecule has 0 aliphatic heterocycles. The molecule has 8 nitrogen and oxygen atoms in total. The standard InChI is InChI=1S/C18H25N5O3/c1-2-23-14-8-7-12(9-13(14)16(21-23)18(24)25)19-10-15-20-17(26-22-15)11-5-3-4-6-11/h11-12,19H,2-10H2,1H3,(H,24,25). The molecule has 2 aliphatic carbocycles. The molecule has 2 aliphatic rings. The SMILES string of the molecule is CCn1nc(C(=O)O)c2c1CCC(NCc1noc(C3CCCC3)n1)C2. The molecule has 0 amide bonds. The zero-order valence-electron chi connectivity index (χ0n) is 15.1. The summed E-state index contributed by atoms with van der Waals surface area (Å²) in [6, 6.07) is 0.198. The molecule has 1 saturated carbocycles. The number of aromatic nitrogens is 4. The van der Waals surface area contributed by atoms with Crippen molar-refractivity contribution in [3.63, 3.8) is 0 Å². The summed E-state index contributed by atoms with van der Waals surface area (Å²) in [5.74, 6) is 0.919. The maximum absolute atomic E-state index is 11.5. The highest BCUT2D eigenvalue weighted by Crippen LogP contribution is 2.33. The molecule has 0 bridgehead atoms. The van der Waals surface area contributed by atoms with Gasteiger partial charge >= 0.3 is 5.97 Å². The van der Waals surface area contributed by atoms with Gasteiger partial charge in [-0.15, -0.1) is 0 Å². The second-order valence-corrected chi connectivity index (χ2v) is 7.25. The van der Waals surface area contributed by atoms with E-state index in [4.69, 9.17) is 4.52 Å². The van der Waals surface area contributed by atoms with Crippen molar-refractivity contribution in [3.8, 4) is 0 Å². The predicted molar refractivity (Wildman–Crippen MR) is 93.0 cm³/mol. The zero-order valence-corrected chi connectivity index (χ0v) is 15.1. The Morgan fingerprint density at radius 2 is 2.15 bits per heavy atom. The second kappa shape index (κ2) is 7.19. The lowest BCUT2D eigenvalue weighted by Crippen LogP contribution is -2.35. The Balaban J connectivity index is 1.40. The molecule has 1 atom stereocenters. The van der Waals surface area contributed by atoms with Crippen LogP contribution in [0.4, 0.5) is 0 Å². The minimum Gasteiger partial charge on any atom is -0.476 e. The Hall–Kier alpha value is -2.22. The first kappa shape index (κ1) is 17.2. The summed E-state index contributed by atoms with van der Waals surface area (Å²) in [5, 5.41) is 21.2. The molecule has 0 spiro atoms. The Bertz CT molecular complexity index is 791. The van der Waals surface area contributed by atoms with E-state index in [1.54, 1.807) is 0 Å². The van der Waals surface area contributed by atoms with Crippen molar-refractivity contribution in [2.24, 2.45) is 0 Å². The molecule has 0 saturated heterocycles. The van der Waals surface area contributed by atoms with Crippen LogP contribution < -0.4 is 5.32 Å². The van der Waals surface area contributed by atoms with E-state index in [0.717, 1.165) is 42.8 Å². The number of fused-ring (bicyclic) bond motifs is 1. The van der Waals surface area contributed by atoms with Crippen molar-refractivity contribution in [3.05, 3.63) is 28.7 Å². The lowest BCUT2D eigenvalue weighted by atomic mass is 9.91. The molecule has 4 rings (SSSR count). The molecule has 2 heterocycles. The van der Waals surface area contributed by atoms with E-state index in [1.165, 1.54) is 12.8 Å². The van der Waals surface area contributed by atoms with E-state index in [-0.39, 0.29) is 11.7 Å². The van der Waals surface area contributed by atoms with Gasteiger partial charge in [0.25, 0.3) is 0 Å². The molecule has 8 heteroatoms. The second-order valence-electron chi connectivity index (χ2n) is 7.25. The third-order valence-corrected chi connectivity index (χ3v) is 5.59. The summed E-state index contributed by atoms with van der Waals surface area (Å²) in [6.45, 7) is 3.22. The van der Waals surface area contributed by atoms with Crippen LogP contribution in [0.1, 0.15) is 78.4 Å². The first-order valence-corrected chi connectivity index (χ1v) is 9.53. The molecular formula is C18H25N5O3. The van der Waals surface area contributed by atoms with Crippen molar-refractivity contribution >= 4 is 5.97 Å². The van der Waals surface area contributed by atoms with E-state index < -0.39 is 5.97 Å². The van der Waals surface area contributed by atoms with Gasteiger partial charge in [-0.25, -0.2) is 4.79 Å². The Labute approximate surface area is 152 Å². The van der Waals surface area contributed by atoms with Crippen molar-refractivity contribution in [1.29, 1.82) is 0 Å². The fraction of sp³-hybridized carbons (Fsp3) is 0.667. The van der Waals surface area contributed by atoms with Crippen LogP contribution >= 0.6 is 0 Å². The maximum Gasteiger partial charge on any atom is 0.356 e. The van der Waals surface area contributed by atoms with Crippen LogP contribution in [0.3, 0.4) is 0 Å². The topological polar surface area (TPSA) is 106 Å². The lowest BCUT2D eigenvalue weighted by Gasteiger charge is -2.23. The number of aromatic carboxylic acids is 1. The number of carboxylic acid groups (broad SMARTS) is 1. The van der Waals surface area contributed by atoms with Gasteiger partial charge < -0.3 is 14.9 Å². The Morgan fingerprint density at radius 1 is 1.35 bits per heavy atom. The minimum atomic E-state index is -0.950. The van der Waals surface area contributed by atoms with Gasteiger partial charge in [0.2, 0.25) is 5.89 Å². The fourth-order valence-corrected chi connectivity index (χ4v) is 4.21. The number of carbonyl (C=O) groups is 1. The Kier molecular flexibility index (Phi) is 4.76. The summed E-state index contributed by atoms with van der Waals surface area (Å²) in [7, 11) is 0. The van der Waals surface area contributed by atoms with Gasteiger partial charge in [-0.05, 0) is 39.0 Å². The third-order valence-electron chi connectivity index (χ3n) is 5.59. The number of rotatable bonds is 6. The largest absolute Gasteiger partial charge is 0.476 e. The van der Waals surface area contributed by atoms with E-state index in [0.29, 0.717) is 31.3 Å². The summed E-state index contributed by atoms with van der Waals surface area (Å²) in [5.41, 5.74) is 2.12. The van der Waals surface area contributed by atoms with Gasteiger partial charge in [0.1, 0.15) is 0 Å². The summed E-state index contributed by atoms with van der Waals surface area (Å²) in [6.07, 6.45) is 7.21. The molecule has 2 aromatic heterocycles. The average Bonchev–Trinajstić information content (AvgIpc) is 3.37. The number of nitrogens with zero attached hydrogens (tertiary/aromatic N) is 4. The molecule has 0 aromatic carbocycles. The van der Waals surface area contributed by atoms with Crippen LogP contribution in [0, 0.1) is 0 Å². The lowest BCUT2D eigenvalue weighted by molar-refractivity contribution is 0.0688. The van der Waals surface area contributed by atoms with Crippen LogP contribution in [-0.2, 0) is 25.9 Å². The number of aryl methyl sites for hydroxylation is 1. The van der Waals surface area contributed by atoms with Gasteiger partial charge in [-0.1, -0.05) is 18.0 Å². The maximum atomic E-state index is 11.5. The number of carboxylic acids is 1. The molecule has 1 unspecified atom stereocenters. The highest BCUT2D eigenvalue weighted by atomic mass is 16.5. The summed E-state index contributed by atoms with van der Waals surface area (Å²) >= 11 is 0. The van der Waals surface area contributed by atoms with E-state index in [2.05, 4.69) is 20.6 Å². The molecular weight excluding hydrogens is 334 g/mol. The molecule has 140 valence electrons. The smallest absolute Gasteiger partial charge is 0.356 e. The first-order valence-electron chi connectivity index (χ1n) is 9.53. The highest BCUT2D eigenvalue weighted by molar-refractivity contribution is 5.87. The molecule has 2 N–H and O–H groups in total. The van der Waals surface area contributed by atoms with Gasteiger partial charge in [0.15, 0.2) is 11.5 Å².